The van der Waals surface area contributed by atoms with Crippen molar-refractivity contribution in [3.63, 3.8) is 0 Å². The summed E-state index contributed by atoms with van der Waals surface area (Å²) in [4.78, 5) is 23.3. The summed E-state index contributed by atoms with van der Waals surface area (Å²) < 4.78 is 4.64. The number of rotatable bonds is 9. The van der Waals surface area contributed by atoms with E-state index in [4.69, 9.17) is 0 Å². The van der Waals surface area contributed by atoms with Gasteiger partial charge >= 0.3 is 5.97 Å². The lowest BCUT2D eigenvalue weighted by atomic mass is 10.0. The van der Waals surface area contributed by atoms with Crippen LogP contribution < -0.4 is 5.32 Å². The number of carbonyl (C=O) groups excluding carboxylic acids is 2. The van der Waals surface area contributed by atoms with Crippen molar-refractivity contribution in [2.45, 2.75) is 52.0 Å². The topological polar surface area (TPSA) is 55.4 Å². The van der Waals surface area contributed by atoms with E-state index in [9.17, 15) is 9.59 Å². The van der Waals surface area contributed by atoms with Crippen LogP contribution in [0.5, 0.6) is 0 Å². The van der Waals surface area contributed by atoms with Gasteiger partial charge in [-0.3, -0.25) is 4.79 Å². The molecule has 0 aromatic carbocycles. The second-order valence-electron chi connectivity index (χ2n) is 4.51. The normalized spacial score (nSPS) is 13.5. The van der Waals surface area contributed by atoms with Crippen molar-refractivity contribution < 1.29 is 14.3 Å². The van der Waals surface area contributed by atoms with Crippen LogP contribution in [0.2, 0.25) is 0 Å². The van der Waals surface area contributed by atoms with Crippen LogP contribution in [0, 0.1) is 5.92 Å². The van der Waals surface area contributed by atoms with Crippen LogP contribution in [-0.4, -0.2) is 25.0 Å². The summed E-state index contributed by atoms with van der Waals surface area (Å²) in [5.74, 6) is -0.596. The van der Waals surface area contributed by atoms with E-state index in [1.165, 1.54) is 7.11 Å². The van der Waals surface area contributed by atoms with Gasteiger partial charge in [-0.1, -0.05) is 39.2 Å². The van der Waals surface area contributed by atoms with Gasteiger partial charge in [0.25, 0.3) is 0 Å². The Bertz CT molecular complexity index is 276. The van der Waals surface area contributed by atoms with Crippen LogP contribution in [0.15, 0.2) is 12.7 Å². The third kappa shape index (κ3) is 6.42. The first-order valence-electron chi connectivity index (χ1n) is 6.55. The minimum absolute atomic E-state index is 0.0754. The molecule has 0 bridgehead atoms. The molecule has 0 saturated heterocycles. The first-order chi connectivity index (χ1) is 8.56. The molecule has 4 nitrogen and oxygen atoms in total. The predicted octanol–water partition coefficient (Wildman–Crippen LogP) is 2.44. The standard InChI is InChI=1S/C14H25NO3/c1-5-7-8-10-11(3)13(16)15-12(9-6-2)14(17)18-4/h6,11-12H,2,5,7-10H2,1,3-4H3,(H,15,16)/t11-,12+/m1/s1. The lowest BCUT2D eigenvalue weighted by molar-refractivity contribution is -0.145. The Labute approximate surface area is 110 Å². The summed E-state index contributed by atoms with van der Waals surface area (Å²) in [6, 6.07) is -0.617. The number of hydrogen-bond donors (Lipinski definition) is 1. The van der Waals surface area contributed by atoms with Crippen LogP contribution in [0.3, 0.4) is 0 Å². The third-order valence-electron chi connectivity index (χ3n) is 2.89. The summed E-state index contributed by atoms with van der Waals surface area (Å²) in [5, 5.41) is 2.71. The number of carbonyl (C=O) groups is 2. The average molecular weight is 255 g/mol. The lowest BCUT2D eigenvalue weighted by Gasteiger charge is -2.18. The van der Waals surface area contributed by atoms with Crippen molar-refractivity contribution in [3.05, 3.63) is 12.7 Å². The van der Waals surface area contributed by atoms with Gasteiger partial charge in [-0.05, 0) is 12.8 Å². The van der Waals surface area contributed by atoms with E-state index < -0.39 is 12.0 Å². The predicted molar refractivity (Wildman–Crippen MR) is 72.1 cm³/mol. The zero-order chi connectivity index (χ0) is 14.0. The molecule has 0 aromatic heterocycles. The summed E-state index contributed by atoms with van der Waals surface area (Å²) in [7, 11) is 1.31. The van der Waals surface area contributed by atoms with Crippen molar-refractivity contribution >= 4 is 11.9 Å². The summed E-state index contributed by atoms with van der Waals surface area (Å²) >= 11 is 0. The first kappa shape index (κ1) is 16.7. The van der Waals surface area contributed by atoms with Crippen LogP contribution in [-0.2, 0) is 14.3 Å². The van der Waals surface area contributed by atoms with Gasteiger partial charge in [0.05, 0.1) is 7.11 Å². The van der Waals surface area contributed by atoms with Gasteiger partial charge < -0.3 is 10.1 Å². The van der Waals surface area contributed by atoms with E-state index in [0.717, 1.165) is 25.7 Å². The monoisotopic (exact) mass is 255 g/mol. The highest BCUT2D eigenvalue weighted by molar-refractivity contribution is 5.85. The SMILES string of the molecule is C=CC[C@H](NC(=O)[C@H](C)CCCCC)C(=O)OC. The highest BCUT2D eigenvalue weighted by atomic mass is 16.5. The van der Waals surface area contributed by atoms with Gasteiger partial charge in [0, 0.05) is 5.92 Å². The summed E-state index contributed by atoms with van der Waals surface area (Å²) in [6.45, 7) is 7.58. The Hall–Kier alpha value is -1.32. The Morgan fingerprint density at radius 2 is 2.06 bits per heavy atom. The molecule has 0 rings (SSSR count). The van der Waals surface area contributed by atoms with E-state index in [2.05, 4.69) is 23.6 Å². The van der Waals surface area contributed by atoms with Crippen molar-refractivity contribution in [1.82, 2.24) is 5.32 Å². The maximum Gasteiger partial charge on any atom is 0.328 e. The molecule has 0 aromatic rings. The number of ether oxygens (including phenoxy) is 1. The fraction of sp³-hybridized carbons (Fsp3) is 0.714. The Morgan fingerprint density at radius 3 is 2.56 bits per heavy atom. The minimum Gasteiger partial charge on any atom is -0.467 e. The minimum atomic E-state index is -0.617. The molecule has 2 atom stereocenters. The molecule has 0 heterocycles. The first-order valence-corrected chi connectivity index (χ1v) is 6.55. The van der Waals surface area contributed by atoms with Gasteiger partial charge in [-0.2, -0.15) is 0 Å². The number of unbranched alkanes of at least 4 members (excludes halogenated alkanes) is 2. The van der Waals surface area contributed by atoms with Gasteiger partial charge in [-0.25, -0.2) is 4.79 Å². The van der Waals surface area contributed by atoms with Gasteiger partial charge in [0.2, 0.25) is 5.91 Å². The van der Waals surface area contributed by atoms with Crippen molar-refractivity contribution in [1.29, 1.82) is 0 Å². The molecule has 0 fully saturated rings. The van der Waals surface area contributed by atoms with E-state index in [0.29, 0.717) is 6.42 Å². The van der Waals surface area contributed by atoms with Gasteiger partial charge in [-0.15, -0.1) is 6.58 Å². The fourth-order valence-corrected chi connectivity index (χ4v) is 1.67. The van der Waals surface area contributed by atoms with Crippen molar-refractivity contribution in [2.24, 2.45) is 5.92 Å². The smallest absolute Gasteiger partial charge is 0.328 e. The zero-order valence-electron chi connectivity index (χ0n) is 11.7. The Morgan fingerprint density at radius 1 is 1.39 bits per heavy atom. The molecule has 18 heavy (non-hydrogen) atoms. The maximum absolute atomic E-state index is 11.9. The second-order valence-corrected chi connectivity index (χ2v) is 4.51. The van der Waals surface area contributed by atoms with E-state index in [1.54, 1.807) is 6.08 Å². The van der Waals surface area contributed by atoms with Crippen molar-refractivity contribution in [2.75, 3.05) is 7.11 Å². The van der Waals surface area contributed by atoms with Crippen LogP contribution in [0.4, 0.5) is 0 Å². The maximum atomic E-state index is 11.9. The molecule has 0 aliphatic carbocycles. The van der Waals surface area contributed by atoms with Gasteiger partial charge in [0.15, 0.2) is 0 Å². The summed E-state index contributed by atoms with van der Waals surface area (Å²) in [6.07, 6.45) is 6.14. The largest absolute Gasteiger partial charge is 0.467 e. The van der Waals surface area contributed by atoms with Crippen LogP contribution >= 0.6 is 0 Å². The Balaban J connectivity index is 4.22. The molecule has 4 heteroatoms. The highest BCUT2D eigenvalue weighted by Gasteiger charge is 2.22. The molecule has 104 valence electrons. The number of hydrogen-bond acceptors (Lipinski definition) is 3. The summed E-state index contributed by atoms with van der Waals surface area (Å²) in [5.41, 5.74) is 0. The molecule has 0 aliphatic heterocycles. The van der Waals surface area contributed by atoms with Crippen molar-refractivity contribution in [3.8, 4) is 0 Å². The van der Waals surface area contributed by atoms with E-state index >= 15 is 0 Å². The Kier molecular flexibility index (Phi) is 8.97. The highest BCUT2D eigenvalue weighted by Crippen LogP contribution is 2.10. The molecule has 0 saturated carbocycles. The molecule has 0 unspecified atom stereocenters. The number of amides is 1. The second kappa shape index (κ2) is 9.68. The quantitative estimate of drug-likeness (QED) is 0.391. The number of nitrogens with one attached hydrogen (secondary N) is 1. The average Bonchev–Trinajstić information content (AvgIpc) is 2.37. The third-order valence-corrected chi connectivity index (χ3v) is 2.89. The molecule has 1 amide bonds. The number of methoxy groups -OCH3 is 1. The van der Waals surface area contributed by atoms with Crippen LogP contribution in [0.25, 0.3) is 0 Å². The molecule has 0 spiro atoms. The molecular weight excluding hydrogens is 230 g/mol. The van der Waals surface area contributed by atoms with E-state index in [1.807, 2.05) is 6.92 Å². The van der Waals surface area contributed by atoms with E-state index in [-0.39, 0.29) is 11.8 Å². The fourth-order valence-electron chi connectivity index (χ4n) is 1.67. The van der Waals surface area contributed by atoms with Gasteiger partial charge in [0.1, 0.15) is 6.04 Å². The number of esters is 1. The molecule has 0 aliphatic rings. The molecular formula is C14H25NO3. The molecule has 0 radical (unpaired) electrons. The molecule has 1 N–H and O–H groups in total. The zero-order valence-corrected chi connectivity index (χ0v) is 11.7. The lowest BCUT2D eigenvalue weighted by Crippen LogP contribution is -2.43. The van der Waals surface area contributed by atoms with Crippen LogP contribution in [0.1, 0.15) is 46.0 Å².